The largest absolute Gasteiger partial charge is 0.539 e. The van der Waals surface area contributed by atoms with Gasteiger partial charge in [0.15, 0.2) is 18.4 Å². The summed E-state index contributed by atoms with van der Waals surface area (Å²) in [7, 11) is 0. The summed E-state index contributed by atoms with van der Waals surface area (Å²) in [6.45, 7) is 0. The zero-order valence-corrected chi connectivity index (χ0v) is 5.91. The average Bonchev–Trinajstić information content (AvgIpc) is 2.06. The van der Waals surface area contributed by atoms with Crippen molar-refractivity contribution in [2.24, 2.45) is 0 Å². The molecule has 1 aromatic rings. The number of aliphatic carboxylic acids is 1. The van der Waals surface area contributed by atoms with Gasteiger partial charge in [-0.15, -0.1) is 13.3 Å². The van der Waals surface area contributed by atoms with Gasteiger partial charge in [0, 0.05) is 12.1 Å². The molecule has 0 bridgehead atoms. The van der Waals surface area contributed by atoms with Gasteiger partial charge in [-0.3, -0.25) is 0 Å². The van der Waals surface area contributed by atoms with Gasteiger partial charge in [0.1, 0.15) is 0 Å². The highest BCUT2D eigenvalue weighted by atomic mass is 19.3. The van der Waals surface area contributed by atoms with Crippen LogP contribution in [-0.4, -0.2) is 5.97 Å². The zero-order valence-electron chi connectivity index (χ0n) is 5.91. The van der Waals surface area contributed by atoms with Gasteiger partial charge in [0.2, 0.25) is 0 Å². The topological polar surface area (TPSA) is 44.0 Å². The van der Waals surface area contributed by atoms with E-state index >= 15 is 0 Å². The first-order chi connectivity index (χ1) is 5.55. The lowest BCUT2D eigenvalue weighted by Crippen LogP contribution is -2.59. The van der Waals surface area contributed by atoms with Gasteiger partial charge in [0.25, 0.3) is 0 Å². The van der Waals surface area contributed by atoms with E-state index < -0.39 is 12.0 Å². The second-order valence-corrected chi connectivity index (χ2v) is 2.11. The molecule has 0 atom stereocenters. The maximum absolute atomic E-state index is 12.6. The predicted molar refractivity (Wildman–Crippen MR) is 31.8 cm³/mol. The van der Waals surface area contributed by atoms with Gasteiger partial charge in [0.05, 0.1) is 0 Å². The monoisotopic (exact) mass is 173 g/mol. The van der Waals surface area contributed by atoms with Crippen LogP contribution < -0.4 is 9.67 Å². The van der Waals surface area contributed by atoms with Crippen LogP contribution in [0.3, 0.4) is 0 Å². The Morgan fingerprint density at radius 3 is 2.17 bits per heavy atom. The molecule has 1 rings (SSSR count). The van der Waals surface area contributed by atoms with Gasteiger partial charge >= 0.3 is 6.05 Å². The molecule has 1 aromatic heterocycles. The van der Waals surface area contributed by atoms with Gasteiger partial charge in [-0.2, -0.15) is 0 Å². The smallest absolute Gasteiger partial charge is 0.505 e. The van der Waals surface area contributed by atoms with Gasteiger partial charge in [-0.05, 0) is 0 Å². The standard InChI is InChI=1S/C7H5F2NO2/c8-7(9,6(11)12)10-4-2-1-3-5-10/h1-5H. The van der Waals surface area contributed by atoms with Crippen molar-refractivity contribution < 1.29 is 23.2 Å². The van der Waals surface area contributed by atoms with Crippen molar-refractivity contribution in [1.29, 1.82) is 0 Å². The molecule has 0 fully saturated rings. The van der Waals surface area contributed by atoms with Crippen LogP contribution in [0.5, 0.6) is 0 Å². The third-order valence-corrected chi connectivity index (χ3v) is 1.29. The fraction of sp³-hybridized carbons (Fsp3) is 0.143. The summed E-state index contributed by atoms with van der Waals surface area (Å²) in [5.74, 6) is -2.42. The highest BCUT2D eigenvalue weighted by molar-refractivity contribution is 5.68. The summed E-state index contributed by atoms with van der Waals surface area (Å²) in [4.78, 5) is 9.94. The van der Waals surface area contributed by atoms with Crippen LogP contribution in [0.2, 0.25) is 0 Å². The Labute approximate surface area is 66.9 Å². The number of hydrogen-bond acceptors (Lipinski definition) is 2. The van der Waals surface area contributed by atoms with Gasteiger partial charge < -0.3 is 9.90 Å². The van der Waals surface area contributed by atoms with E-state index in [0.717, 1.165) is 12.4 Å². The Balaban J connectivity index is 3.06. The molecule has 12 heavy (non-hydrogen) atoms. The molecule has 0 aliphatic carbocycles. The van der Waals surface area contributed by atoms with Crippen LogP contribution in [0.1, 0.15) is 0 Å². The van der Waals surface area contributed by atoms with Crippen molar-refractivity contribution in [3.8, 4) is 0 Å². The minimum atomic E-state index is -3.98. The fourth-order valence-electron chi connectivity index (χ4n) is 0.691. The minimum Gasteiger partial charge on any atom is -0.539 e. The number of hydrogen-bond donors (Lipinski definition) is 0. The van der Waals surface area contributed by atoms with Crippen molar-refractivity contribution in [1.82, 2.24) is 0 Å². The number of nitrogens with zero attached hydrogens (tertiary/aromatic N) is 1. The van der Waals surface area contributed by atoms with Crippen LogP contribution in [0.15, 0.2) is 30.6 Å². The zero-order chi connectivity index (χ0) is 9.19. The van der Waals surface area contributed by atoms with Crippen molar-refractivity contribution >= 4 is 5.97 Å². The highest BCUT2D eigenvalue weighted by Gasteiger charge is 2.42. The van der Waals surface area contributed by atoms with Crippen molar-refractivity contribution in [3.05, 3.63) is 30.6 Å². The van der Waals surface area contributed by atoms with E-state index in [1.165, 1.54) is 18.2 Å². The number of carboxylic acid groups (broad SMARTS) is 1. The van der Waals surface area contributed by atoms with E-state index in [1.807, 2.05) is 0 Å². The Hall–Kier alpha value is -1.52. The van der Waals surface area contributed by atoms with Crippen LogP contribution in [0.25, 0.3) is 0 Å². The molecule has 0 aromatic carbocycles. The molecule has 0 saturated heterocycles. The number of carboxylic acids is 1. The van der Waals surface area contributed by atoms with Crippen LogP contribution in [0, 0.1) is 0 Å². The fourth-order valence-corrected chi connectivity index (χ4v) is 0.691. The van der Waals surface area contributed by atoms with Crippen molar-refractivity contribution in [2.45, 2.75) is 6.05 Å². The third-order valence-electron chi connectivity index (χ3n) is 1.29. The van der Waals surface area contributed by atoms with Gasteiger partial charge in [-0.1, -0.05) is 6.07 Å². The summed E-state index contributed by atoms with van der Waals surface area (Å²) in [5.41, 5.74) is 0. The second kappa shape index (κ2) is 2.84. The highest BCUT2D eigenvalue weighted by Crippen LogP contribution is 2.09. The lowest BCUT2D eigenvalue weighted by atomic mass is 10.4. The second-order valence-electron chi connectivity index (χ2n) is 2.11. The quantitative estimate of drug-likeness (QED) is 0.553. The third kappa shape index (κ3) is 1.39. The normalized spacial score (nSPS) is 11.2. The van der Waals surface area contributed by atoms with Crippen LogP contribution >= 0.6 is 0 Å². The Morgan fingerprint density at radius 2 is 1.75 bits per heavy atom. The summed E-state index contributed by atoms with van der Waals surface area (Å²) in [5, 5.41) is 9.94. The molecule has 0 aliphatic heterocycles. The van der Waals surface area contributed by atoms with Gasteiger partial charge in [-0.25, -0.2) is 0 Å². The van der Waals surface area contributed by atoms with E-state index in [-0.39, 0.29) is 4.57 Å². The first kappa shape index (κ1) is 8.58. The first-order valence-electron chi connectivity index (χ1n) is 3.11. The maximum atomic E-state index is 12.6. The maximum Gasteiger partial charge on any atom is 0.505 e. The average molecular weight is 173 g/mol. The van der Waals surface area contributed by atoms with Crippen molar-refractivity contribution in [3.63, 3.8) is 0 Å². The number of aromatic nitrogens is 1. The Morgan fingerprint density at radius 1 is 1.25 bits per heavy atom. The van der Waals surface area contributed by atoms with E-state index in [9.17, 15) is 18.7 Å². The van der Waals surface area contributed by atoms with E-state index in [2.05, 4.69) is 0 Å². The number of alkyl halides is 2. The van der Waals surface area contributed by atoms with E-state index in [0.29, 0.717) is 0 Å². The molecule has 0 N–H and O–H groups in total. The molecule has 0 unspecified atom stereocenters. The molecule has 0 radical (unpaired) electrons. The number of rotatable bonds is 2. The number of pyridine rings is 1. The van der Waals surface area contributed by atoms with Crippen LogP contribution in [0.4, 0.5) is 8.78 Å². The molecule has 64 valence electrons. The molecule has 5 heteroatoms. The summed E-state index contributed by atoms with van der Waals surface area (Å²) in [6, 6.07) is 0.122. The molecular formula is C7H5F2NO2. The van der Waals surface area contributed by atoms with E-state index in [1.54, 1.807) is 0 Å². The summed E-state index contributed by atoms with van der Waals surface area (Å²) >= 11 is 0. The predicted octanol–water partition coefficient (Wildman–Crippen LogP) is -0.727. The molecule has 0 amide bonds. The Kier molecular flexibility index (Phi) is 2.03. The lowest BCUT2D eigenvalue weighted by Gasteiger charge is -2.09. The first-order valence-corrected chi connectivity index (χ1v) is 3.11. The minimum absolute atomic E-state index is 0.266. The molecule has 3 nitrogen and oxygen atoms in total. The number of carbonyl (C=O) groups is 1. The molecule has 0 spiro atoms. The van der Waals surface area contributed by atoms with Crippen molar-refractivity contribution in [2.75, 3.05) is 0 Å². The summed E-state index contributed by atoms with van der Waals surface area (Å²) < 4.78 is 25.4. The number of carbonyl (C=O) groups excluding carboxylic acids is 1. The summed E-state index contributed by atoms with van der Waals surface area (Å²) in [6.07, 6.45) is 1.91. The SMILES string of the molecule is O=C([O-])C(F)(F)[n+]1ccccc1. The molecule has 1 heterocycles. The molecule has 0 aliphatic rings. The lowest BCUT2D eigenvalue weighted by molar-refractivity contribution is -0.811. The molecular weight excluding hydrogens is 168 g/mol. The number of halogens is 2. The molecule has 0 saturated carbocycles. The van der Waals surface area contributed by atoms with E-state index in [4.69, 9.17) is 0 Å². The Bertz CT molecular complexity index is 287. The van der Waals surface area contributed by atoms with Crippen LogP contribution in [-0.2, 0) is 10.8 Å².